The quantitative estimate of drug-likeness (QED) is 0.282. The van der Waals surface area contributed by atoms with Crippen LogP contribution in [-0.2, 0) is 11.3 Å². The van der Waals surface area contributed by atoms with Crippen LogP contribution in [0.15, 0.2) is 29.3 Å². The molecule has 2 N–H and O–H groups in total. The fraction of sp³-hybridized carbons (Fsp3) is 0.529. The Hall–Kier alpha value is -1.02. The molecule has 5 nitrogen and oxygen atoms in total. The summed E-state index contributed by atoms with van der Waals surface area (Å²) in [6.45, 7) is 1.48. The van der Waals surface area contributed by atoms with Gasteiger partial charge in [-0.15, -0.1) is 24.0 Å². The van der Waals surface area contributed by atoms with Crippen molar-refractivity contribution in [3.63, 3.8) is 0 Å². The topological polar surface area (TPSA) is 56.7 Å². The Balaban J connectivity index is 0.00000288. The molecule has 1 fully saturated rings. The maximum atomic E-state index is 11.6. The largest absolute Gasteiger partial charge is 0.356 e. The van der Waals surface area contributed by atoms with Gasteiger partial charge < -0.3 is 15.5 Å². The molecule has 1 amide bonds. The monoisotopic (exact) mass is 464 g/mol. The van der Waals surface area contributed by atoms with E-state index >= 15 is 0 Å². The number of carbonyl (C=O) groups excluding carboxylic acids is 1. The van der Waals surface area contributed by atoms with E-state index in [4.69, 9.17) is 11.6 Å². The first-order valence-corrected chi connectivity index (χ1v) is 8.42. The minimum Gasteiger partial charge on any atom is -0.356 e. The van der Waals surface area contributed by atoms with Crippen LogP contribution in [0.2, 0.25) is 5.02 Å². The number of amides is 1. The van der Waals surface area contributed by atoms with Crippen molar-refractivity contribution in [2.24, 2.45) is 4.99 Å². The van der Waals surface area contributed by atoms with E-state index in [-0.39, 0.29) is 29.9 Å². The van der Waals surface area contributed by atoms with E-state index in [1.807, 2.05) is 36.2 Å². The van der Waals surface area contributed by atoms with E-state index in [9.17, 15) is 4.79 Å². The molecule has 0 spiro atoms. The lowest BCUT2D eigenvalue weighted by molar-refractivity contribution is -0.121. The van der Waals surface area contributed by atoms with Crippen molar-refractivity contribution in [2.75, 3.05) is 20.6 Å². The molecule has 2 rings (SSSR count). The van der Waals surface area contributed by atoms with Gasteiger partial charge in [0.2, 0.25) is 5.91 Å². The molecular formula is C17H26ClIN4O. The molecule has 0 aliphatic heterocycles. The molecule has 0 heterocycles. The van der Waals surface area contributed by atoms with Gasteiger partial charge in [-0.1, -0.05) is 23.7 Å². The van der Waals surface area contributed by atoms with Crippen molar-refractivity contribution in [3.8, 4) is 0 Å². The Labute approximate surface area is 166 Å². The van der Waals surface area contributed by atoms with Gasteiger partial charge in [-0.25, -0.2) is 0 Å². The highest BCUT2D eigenvalue weighted by atomic mass is 127. The minimum atomic E-state index is 0. The van der Waals surface area contributed by atoms with Gasteiger partial charge in [-0.05, 0) is 37.0 Å². The maximum Gasteiger partial charge on any atom is 0.220 e. The molecule has 1 saturated carbocycles. The van der Waals surface area contributed by atoms with Gasteiger partial charge in [-0.2, -0.15) is 0 Å². The first-order chi connectivity index (χ1) is 11.1. The summed E-state index contributed by atoms with van der Waals surface area (Å²) in [5, 5.41) is 7.03. The van der Waals surface area contributed by atoms with Crippen molar-refractivity contribution in [1.29, 1.82) is 0 Å². The summed E-state index contributed by atoms with van der Waals surface area (Å²) in [5.41, 5.74) is 1.17. The highest BCUT2D eigenvalue weighted by Crippen LogP contribution is 2.18. The van der Waals surface area contributed by atoms with Crippen molar-refractivity contribution < 1.29 is 4.79 Å². The second-order valence-electron chi connectivity index (χ2n) is 5.90. The third-order valence-electron chi connectivity index (χ3n) is 3.71. The summed E-state index contributed by atoms with van der Waals surface area (Å²) >= 11 is 5.90. The molecule has 134 valence electrons. The fourth-order valence-electron chi connectivity index (χ4n) is 2.30. The maximum absolute atomic E-state index is 11.6. The number of aliphatic imine (C=N–C) groups is 1. The normalized spacial score (nSPS) is 13.9. The number of nitrogens with zero attached hydrogens (tertiary/aromatic N) is 2. The van der Waals surface area contributed by atoms with Crippen LogP contribution in [0, 0.1) is 0 Å². The molecule has 1 aliphatic rings. The molecule has 1 aromatic carbocycles. The predicted octanol–water partition coefficient (Wildman–Crippen LogP) is 3.02. The van der Waals surface area contributed by atoms with Gasteiger partial charge in [0, 0.05) is 44.7 Å². The Morgan fingerprint density at radius 2 is 2.00 bits per heavy atom. The smallest absolute Gasteiger partial charge is 0.220 e. The Bertz CT molecular complexity index is 546. The van der Waals surface area contributed by atoms with Crippen molar-refractivity contribution in [3.05, 3.63) is 34.9 Å². The molecule has 0 bridgehead atoms. The molecule has 1 aromatic rings. The van der Waals surface area contributed by atoms with E-state index in [0.717, 1.165) is 43.3 Å². The number of rotatable bonds is 7. The number of benzene rings is 1. The average Bonchev–Trinajstić information content (AvgIpc) is 3.33. The minimum absolute atomic E-state index is 0. The molecule has 1 aliphatic carbocycles. The Morgan fingerprint density at radius 3 is 2.58 bits per heavy atom. The lowest BCUT2D eigenvalue weighted by atomic mass is 10.2. The average molecular weight is 465 g/mol. The summed E-state index contributed by atoms with van der Waals surface area (Å²) in [5.74, 6) is 0.973. The van der Waals surface area contributed by atoms with Gasteiger partial charge >= 0.3 is 0 Å². The van der Waals surface area contributed by atoms with Crippen LogP contribution in [0.4, 0.5) is 0 Å². The highest BCUT2D eigenvalue weighted by Gasteiger charge is 2.22. The first kappa shape index (κ1) is 21.0. The summed E-state index contributed by atoms with van der Waals surface area (Å²) in [4.78, 5) is 18.0. The van der Waals surface area contributed by atoms with Crippen LogP contribution in [-0.4, -0.2) is 43.4 Å². The highest BCUT2D eigenvalue weighted by molar-refractivity contribution is 14.0. The molecule has 0 radical (unpaired) electrons. The van der Waals surface area contributed by atoms with Crippen molar-refractivity contribution in [2.45, 2.75) is 38.3 Å². The van der Waals surface area contributed by atoms with Gasteiger partial charge in [-0.3, -0.25) is 9.79 Å². The summed E-state index contributed by atoms with van der Waals surface area (Å²) in [6, 6.07) is 8.23. The van der Waals surface area contributed by atoms with Crippen LogP contribution in [0.3, 0.4) is 0 Å². The molecule has 7 heteroatoms. The molecule has 24 heavy (non-hydrogen) atoms. The van der Waals surface area contributed by atoms with Gasteiger partial charge in [0.05, 0.1) is 0 Å². The zero-order valence-electron chi connectivity index (χ0n) is 14.2. The van der Waals surface area contributed by atoms with Crippen molar-refractivity contribution >= 4 is 47.4 Å². The fourth-order valence-corrected chi connectivity index (χ4v) is 2.43. The lowest BCUT2D eigenvalue weighted by Crippen LogP contribution is -2.39. The number of nitrogens with one attached hydrogen (secondary N) is 2. The number of halogens is 2. The first-order valence-electron chi connectivity index (χ1n) is 8.04. The Kier molecular flexibility index (Phi) is 9.43. The van der Waals surface area contributed by atoms with Crippen LogP contribution in [0.5, 0.6) is 0 Å². The number of carbonyl (C=O) groups is 1. The predicted molar refractivity (Wildman–Crippen MR) is 110 cm³/mol. The third-order valence-corrected chi connectivity index (χ3v) is 3.96. The van der Waals surface area contributed by atoms with Crippen LogP contribution in [0.25, 0.3) is 0 Å². The third kappa shape index (κ3) is 7.70. The second-order valence-corrected chi connectivity index (χ2v) is 6.34. The van der Waals surface area contributed by atoms with E-state index in [0.29, 0.717) is 12.5 Å². The number of hydrogen-bond acceptors (Lipinski definition) is 2. The van der Waals surface area contributed by atoms with Gasteiger partial charge in [0.25, 0.3) is 0 Å². The summed E-state index contributed by atoms with van der Waals surface area (Å²) in [6.07, 6.45) is 3.62. The standard InChI is InChI=1S/C17H25ClN4O.HI/c1-19-17(20-11-3-4-16(23)21-15-9-10-15)22(2)12-13-5-7-14(18)8-6-13;/h5-8,15H,3-4,9-12H2,1-2H3,(H,19,20)(H,21,23);1H. The molecule has 0 unspecified atom stereocenters. The molecule has 0 atom stereocenters. The summed E-state index contributed by atoms with van der Waals surface area (Å²) in [7, 11) is 3.75. The van der Waals surface area contributed by atoms with Crippen molar-refractivity contribution in [1.82, 2.24) is 15.5 Å². The number of hydrogen-bond donors (Lipinski definition) is 2. The summed E-state index contributed by atoms with van der Waals surface area (Å²) < 4.78 is 0. The molecular weight excluding hydrogens is 439 g/mol. The zero-order chi connectivity index (χ0) is 16.7. The lowest BCUT2D eigenvalue weighted by Gasteiger charge is -2.22. The Morgan fingerprint density at radius 1 is 1.33 bits per heavy atom. The van der Waals surface area contributed by atoms with Crippen LogP contribution >= 0.6 is 35.6 Å². The van der Waals surface area contributed by atoms with E-state index in [1.54, 1.807) is 7.05 Å². The number of guanidine groups is 1. The van der Waals surface area contributed by atoms with Gasteiger partial charge in [0.15, 0.2) is 5.96 Å². The van der Waals surface area contributed by atoms with E-state index < -0.39 is 0 Å². The molecule has 0 saturated heterocycles. The second kappa shape index (κ2) is 10.8. The van der Waals surface area contributed by atoms with Crippen LogP contribution < -0.4 is 10.6 Å². The zero-order valence-corrected chi connectivity index (χ0v) is 17.3. The van der Waals surface area contributed by atoms with E-state index in [2.05, 4.69) is 15.6 Å². The van der Waals surface area contributed by atoms with E-state index in [1.165, 1.54) is 5.56 Å². The van der Waals surface area contributed by atoms with Crippen LogP contribution in [0.1, 0.15) is 31.2 Å². The SMILES string of the molecule is CN=C(NCCCC(=O)NC1CC1)N(C)Cc1ccc(Cl)cc1.I. The van der Waals surface area contributed by atoms with Gasteiger partial charge in [0.1, 0.15) is 0 Å². The molecule has 0 aromatic heterocycles.